The molecule has 0 radical (unpaired) electrons. The Morgan fingerprint density at radius 1 is 1.30 bits per heavy atom. The van der Waals surface area contributed by atoms with Gasteiger partial charge in [0.05, 0.1) is 30.8 Å². The molecule has 4 heterocycles. The number of pyridine rings is 1. The van der Waals surface area contributed by atoms with Crippen LogP contribution in [0.4, 0.5) is 11.5 Å². The van der Waals surface area contributed by atoms with Crippen LogP contribution >= 0.6 is 0 Å². The summed E-state index contributed by atoms with van der Waals surface area (Å²) < 4.78 is 5.68. The van der Waals surface area contributed by atoms with Gasteiger partial charge in [-0.1, -0.05) is 19.9 Å². The van der Waals surface area contributed by atoms with Crippen LogP contribution in [0.1, 0.15) is 55.1 Å². The first kappa shape index (κ1) is 21.6. The number of morpholine rings is 1. The summed E-state index contributed by atoms with van der Waals surface area (Å²) in [5, 5.41) is 15.6. The molecule has 2 bridgehead atoms. The summed E-state index contributed by atoms with van der Waals surface area (Å²) in [6.07, 6.45) is 6.56. The molecule has 2 saturated heterocycles. The van der Waals surface area contributed by atoms with E-state index in [4.69, 9.17) is 15.0 Å². The van der Waals surface area contributed by atoms with Gasteiger partial charge in [0, 0.05) is 25.2 Å². The highest BCUT2D eigenvalue weighted by atomic mass is 16.5. The number of fused-ring (bicyclic) bond motifs is 2. The average Bonchev–Trinajstić information content (AvgIpc) is 3.29. The first-order valence-corrected chi connectivity index (χ1v) is 11.5. The maximum absolute atomic E-state index is 12.8. The number of nitrogens with one attached hydrogen (secondary N) is 3. The van der Waals surface area contributed by atoms with E-state index in [1.165, 1.54) is 6.20 Å². The van der Waals surface area contributed by atoms with E-state index in [0.717, 1.165) is 49.4 Å². The van der Waals surface area contributed by atoms with E-state index in [0.29, 0.717) is 31.0 Å². The van der Waals surface area contributed by atoms with Crippen LogP contribution in [0.5, 0.6) is 0 Å². The Morgan fingerprint density at radius 2 is 2.09 bits per heavy atom. The third-order valence-electron chi connectivity index (χ3n) is 6.63. The lowest BCUT2D eigenvalue weighted by Crippen LogP contribution is -2.63. The number of hydrogen-bond donors (Lipinski definition) is 3. The highest BCUT2D eigenvalue weighted by Crippen LogP contribution is 2.40. The predicted octanol–water partition coefficient (Wildman–Crippen LogP) is 2.70. The molecular weight excluding hydrogens is 418 g/mol. The molecule has 2 atom stereocenters. The van der Waals surface area contributed by atoms with Gasteiger partial charge < -0.3 is 25.3 Å². The molecule has 0 saturated carbocycles. The zero-order valence-electron chi connectivity index (χ0n) is 19.0. The summed E-state index contributed by atoms with van der Waals surface area (Å²) in [7, 11) is 0. The van der Waals surface area contributed by atoms with Crippen molar-refractivity contribution in [3.05, 3.63) is 41.6 Å². The van der Waals surface area contributed by atoms with Gasteiger partial charge in [-0.05, 0) is 42.4 Å². The smallest absolute Gasteiger partial charge is 0.291 e. The number of aromatic nitrogens is 3. The van der Waals surface area contributed by atoms with Gasteiger partial charge in [0.1, 0.15) is 17.6 Å². The molecule has 5 rings (SSSR count). The number of piperazine rings is 1. The highest BCUT2D eigenvalue weighted by molar-refractivity contribution is 6.03. The van der Waals surface area contributed by atoms with Crippen LogP contribution < -0.4 is 15.5 Å². The van der Waals surface area contributed by atoms with Crippen LogP contribution in [0.2, 0.25) is 0 Å². The standard InChI is InChI=1S/C24H29N7O2/c1-24(2)7-5-15(6-8-24)21-19(29-23(32)22-26-10-16(9-25)28-22)3-4-20(30-21)31-11-17-13-33-14-18(12-31)27-17/h3-5,10,17-18,27H,6-8,11-14H2,1-2H3,(H,26,28)(H,29,32). The van der Waals surface area contributed by atoms with Crippen molar-refractivity contribution >= 4 is 23.0 Å². The number of nitriles is 1. The van der Waals surface area contributed by atoms with Gasteiger partial charge in [-0.15, -0.1) is 0 Å². The zero-order chi connectivity index (χ0) is 23.0. The molecule has 3 N–H and O–H groups in total. The molecule has 172 valence electrons. The van der Waals surface area contributed by atoms with Gasteiger partial charge >= 0.3 is 0 Å². The third-order valence-corrected chi connectivity index (χ3v) is 6.63. The zero-order valence-corrected chi connectivity index (χ0v) is 19.0. The van der Waals surface area contributed by atoms with Crippen molar-refractivity contribution in [3.8, 4) is 6.07 Å². The highest BCUT2D eigenvalue weighted by Gasteiger charge is 2.32. The molecule has 2 unspecified atom stereocenters. The number of carbonyl (C=O) groups excluding carboxylic acids is 1. The van der Waals surface area contributed by atoms with E-state index in [9.17, 15) is 4.79 Å². The maximum atomic E-state index is 12.8. The van der Waals surface area contributed by atoms with E-state index in [2.05, 4.69) is 45.4 Å². The fourth-order valence-electron chi connectivity index (χ4n) is 4.72. The molecule has 3 aliphatic rings. The predicted molar refractivity (Wildman–Crippen MR) is 125 cm³/mol. The number of aromatic amines is 1. The molecule has 2 aromatic heterocycles. The summed E-state index contributed by atoms with van der Waals surface area (Å²) in [6, 6.07) is 6.45. The molecule has 0 spiro atoms. The number of imidazole rings is 1. The number of amides is 1. The Labute approximate surface area is 193 Å². The molecule has 9 heteroatoms. The van der Waals surface area contributed by atoms with E-state index < -0.39 is 5.91 Å². The van der Waals surface area contributed by atoms with Crippen LogP contribution in [0, 0.1) is 16.7 Å². The van der Waals surface area contributed by atoms with Crippen LogP contribution in [-0.4, -0.2) is 59.2 Å². The number of nitrogens with zero attached hydrogens (tertiary/aromatic N) is 4. The van der Waals surface area contributed by atoms with Crippen molar-refractivity contribution in [1.29, 1.82) is 5.26 Å². The number of allylic oxidation sites excluding steroid dienone is 2. The summed E-state index contributed by atoms with van der Waals surface area (Å²) >= 11 is 0. The van der Waals surface area contributed by atoms with Gasteiger partial charge in [0.2, 0.25) is 0 Å². The number of ether oxygens (including phenoxy) is 1. The Hall–Kier alpha value is -3.22. The number of H-pyrrole nitrogens is 1. The second kappa shape index (κ2) is 8.61. The van der Waals surface area contributed by atoms with Crippen LogP contribution in [-0.2, 0) is 4.74 Å². The molecule has 2 aliphatic heterocycles. The minimum absolute atomic E-state index is 0.107. The second-order valence-corrected chi connectivity index (χ2v) is 9.88. The van der Waals surface area contributed by atoms with Gasteiger partial charge in [-0.25, -0.2) is 9.97 Å². The largest absolute Gasteiger partial charge is 0.378 e. The molecule has 9 nitrogen and oxygen atoms in total. The fraction of sp³-hybridized carbons (Fsp3) is 0.500. The number of hydrogen-bond acceptors (Lipinski definition) is 7. The molecule has 33 heavy (non-hydrogen) atoms. The van der Waals surface area contributed by atoms with Crippen molar-refractivity contribution in [1.82, 2.24) is 20.3 Å². The van der Waals surface area contributed by atoms with Crippen molar-refractivity contribution in [2.75, 3.05) is 36.5 Å². The second-order valence-electron chi connectivity index (χ2n) is 9.88. The van der Waals surface area contributed by atoms with Crippen molar-refractivity contribution in [2.24, 2.45) is 5.41 Å². The van der Waals surface area contributed by atoms with Crippen molar-refractivity contribution < 1.29 is 9.53 Å². The van der Waals surface area contributed by atoms with Crippen molar-refractivity contribution in [2.45, 2.75) is 45.2 Å². The summed E-state index contributed by atoms with van der Waals surface area (Å²) in [4.78, 5) is 26.9. The van der Waals surface area contributed by atoms with Crippen LogP contribution in [0.15, 0.2) is 24.4 Å². The number of anilines is 2. The van der Waals surface area contributed by atoms with E-state index in [-0.39, 0.29) is 16.9 Å². The SMILES string of the molecule is CC1(C)CC=C(c2nc(N3CC4COCC(C3)N4)ccc2NC(=O)c2ncc(C#N)[nH]2)CC1. The lowest BCUT2D eigenvalue weighted by Gasteiger charge is -2.42. The molecule has 0 aromatic carbocycles. The lowest BCUT2D eigenvalue weighted by atomic mass is 9.77. The summed E-state index contributed by atoms with van der Waals surface area (Å²) in [5.74, 6) is 0.630. The lowest BCUT2D eigenvalue weighted by molar-refractivity contribution is 0.0374. The van der Waals surface area contributed by atoms with Crippen LogP contribution in [0.3, 0.4) is 0 Å². The quantitative estimate of drug-likeness (QED) is 0.659. The first-order valence-electron chi connectivity index (χ1n) is 11.5. The number of carbonyl (C=O) groups is 1. The molecule has 1 aliphatic carbocycles. The Balaban J connectivity index is 1.45. The van der Waals surface area contributed by atoms with Crippen molar-refractivity contribution in [3.63, 3.8) is 0 Å². The fourth-order valence-corrected chi connectivity index (χ4v) is 4.72. The molecular formula is C24H29N7O2. The van der Waals surface area contributed by atoms with E-state index in [1.54, 1.807) is 0 Å². The van der Waals surface area contributed by atoms with E-state index >= 15 is 0 Å². The normalized spacial score (nSPS) is 24.0. The first-order chi connectivity index (χ1) is 15.9. The average molecular weight is 448 g/mol. The van der Waals surface area contributed by atoms with Crippen LogP contribution in [0.25, 0.3) is 5.57 Å². The maximum Gasteiger partial charge on any atom is 0.291 e. The topological polar surface area (TPSA) is 119 Å². The Bertz CT molecular complexity index is 1120. The van der Waals surface area contributed by atoms with E-state index in [1.807, 2.05) is 18.2 Å². The summed E-state index contributed by atoms with van der Waals surface area (Å²) in [5.41, 5.74) is 3.13. The summed E-state index contributed by atoms with van der Waals surface area (Å²) in [6.45, 7) is 7.65. The minimum atomic E-state index is -0.391. The Kier molecular flexibility index (Phi) is 5.64. The minimum Gasteiger partial charge on any atom is -0.378 e. The molecule has 2 fully saturated rings. The van der Waals surface area contributed by atoms with Gasteiger partial charge in [0.15, 0.2) is 5.82 Å². The molecule has 2 aromatic rings. The molecule has 1 amide bonds. The Morgan fingerprint density at radius 3 is 2.76 bits per heavy atom. The number of rotatable bonds is 4. The van der Waals surface area contributed by atoms with Gasteiger partial charge in [-0.3, -0.25) is 4.79 Å². The van der Waals surface area contributed by atoms with Gasteiger partial charge in [0.25, 0.3) is 5.91 Å². The monoisotopic (exact) mass is 447 g/mol. The third kappa shape index (κ3) is 4.63. The van der Waals surface area contributed by atoms with Gasteiger partial charge in [-0.2, -0.15) is 5.26 Å².